The molecule has 0 aliphatic carbocycles. The van der Waals surface area contributed by atoms with Crippen LogP contribution in [0.15, 0.2) is 40.9 Å². The molecule has 19 heavy (non-hydrogen) atoms. The Balaban J connectivity index is 2.55. The number of ketones is 1. The minimum Gasteiger partial charge on any atom is -0.496 e. The van der Waals surface area contributed by atoms with Crippen molar-refractivity contribution in [2.24, 2.45) is 0 Å². The van der Waals surface area contributed by atoms with Crippen molar-refractivity contribution in [1.29, 1.82) is 0 Å². The quantitative estimate of drug-likeness (QED) is 0.525. The lowest BCUT2D eigenvalue weighted by Gasteiger charge is -2.10. The summed E-state index contributed by atoms with van der Waals surface area (Å²) in [6.45, 7) is 1.96. The predicted molar refractivity (Wildman–Crippen MR) is 88.0 cm³/mol. The van der Waals surface area contributed by atoms with E-state index in [1.807, 2.05) is 43.3 Å². The number of halogens is 2. The van der Waals surface area contributed by atoms with Gasteiger partial charge in [-0.15, -0.1) is 0 Å². The summed E-state index contributed by atoms with van der Waals surface area (Å²) in [5, 5.41) is 0. The van der Waals surface area contributed by atoms with Crippen LogP contribution >= 0.6 is 38.5 Å². The maximum atomic E-state index is 12.6. The molecule has 0 N–H and O–H groups in total. The fraction of sp³-hybridized carbons (Fsp3) is 0.133. The zero-order valence-corrected chi connectivity index (χ0v) is 14.3. The molecule has 0 fully saturated rings. The molecule has 98 valence electrons. The summed E-state index contributed by atoms with van der Waals surface area (Å²) >= 11 is 5.62. The van der Waals surface area contributed by atoms with Gasteiger partial charge in [-0.25, -0.2) is 0 Å². The predicted octanol–water partition coefficient (Wildman–Crippen LogP) is 4.60. The molecule has 2 aromatic carbocycles. The van der Waals surface area contributed by atoms with Crippen molar-refractivity contribution in [1.82, 2.24) is 0 Å². The second kappa shape index (κ2) is 6.05. The molecule has 2 nitrogen and oxygen atoms in total. The number of rotatable bonds is 3. The van der Waals surface area contributed by atoms with Gasteiger partial charge in [0.1, 0.15) is 5.75 Å². The Morgan fingerprint density at radius 2 is 1.89 bits per heavy atom. The topological polar surface area (TPSA) is 26.3 Å². The van der Waals surface area contributed by atoms with Crippen LogP contribution in [-0.2, 0) is 0 Å². The van der Waals surface area contributed by atoms with Gasteiger partial charge in [0.25, 0.3) is 0 Å². The largest absolute Gasteiger partial charge is 0.496 e. The van der Waals surface area contributed by atoms with E-state index in [9.17, 15) is 4.79 Å². The highest BCUT2D eigenvalue weighted by Gasteiger charge is 2.17. The van der Waals surface area contributed by atoms with Crippen molar-refractivity contribution in [3.8, 4) is 5.75 Å². The molecule has 0 radical (unpaired) electrons. The molecule has 2 rings (SSSR count). The first kappa shape index (κ1) is 14.5. The number of hydrogen-bond donors (Lipinski definition) is 0. The second-order valence-electron chi connectivity index (χ2n) is 4.16. The van der Waals surface area contributed by atoms with Gasteiger partial charge < -0.3 is 4.74 Å². The van der Waals surface area contributed by atoms with Gasteiger partial charge in [0, 0.05) is 13.6 Å². The molecular formula is C15H12BrIO2. The summed E-state index contributed by atoms with van der Waals surface area (Å²) in [6, 6.07) is 11.3. The highest BCUT2D eigenvalue weighted by Crippen LogP contribution is 2.27. The maximum Gasteiger partial charge on any atom is 0.197 e. The molecule has 0 saturated heterocycles. The van der Waals surface area contributed by atoms with E-state index in [-0.39, 0.29) is 5.78 Å². The Morgan fingerprint density at radius 1 is 1.16 bits per heavy atom. The van der Waals surface area contributed by atoms with E-state index < -0.39 is 0 Å². The number of aryl methyl sites for hydroxylation is 1. The number of ether oxygens (including phenoxy) is 1. The van der Waals surface area contributed by atoms with E-state index in [0.29, 0.717) is 16.9 Å². The van der Waals surface area contributed by atoms with Crippen molar-refractivity contribution in [3.63, 3.8) is 0 Å². The molecular weight excluding hydrogens is 419 g/mol. The van der Waals surface area contributed by atoms with Gasteiger partial charge >= 0.3 is 0 Å². The van der Waals surface area contributed by atoms with Crippen molar-refractivity contribution in [2.75, 3.05) is 7.11 Å². The molecule has 0 unspecified atom stereocenters. The van der Waals surface area contributed by atoms with Crippen LogP contribution in [0.25, 0.3) is 0 Å². The Kier molecular flexibility index (Phi) is 4.62. The third-order valence-electron chi connectivity index (χ3n) is 2.77. The zero-order chi connectivity index (χ0) is 14.0. The molecule has 0 aliphatic rings. The number of benzene rings is 2. The molecule has 4 heteroatoms. The maximum absolute atomic E-state index is 12.6. The molecule has 0 amide bonds. The van der Waals surface area contributed by atoms with Crippen LogP contribution in [-0.4, -0.2) is 12.9 Å². The fourth-order valence-corrected chi connectivity index (χ4v) is 2.73. The van der Waals surface area contributed by atoms with Gasteiger partial charge in [0.15, 0.2) is 5.78 Å². The van der Waals surface area contributed by atoms with Crippen LogP contribution in [0.4, 0.5) is 0 Å². The van der Waals surface area contributed by atoms with Crippen molar-refractivity contribution in [2.45, 2.75) is 6.92 Å². The molecule has 0 atom stereocenters. The summed E-state index contributed by atoms with van der Waals surface area (Å²) in [7, 11) is 1.57. The second-order valence-corrected chi connectivity index (χ2v) is 6.26. The van der Waals surface area contributed by atoms with Crippen LogP contribution in [0.3, 0.4) is 0 Å². The molecule has 0 bridgehead atoms. The van der Waals surface area contributed by atoms with Crippen LogP contribution in [0.1, 0.15) is 21.5 Å². The molecule has 0 saturated carbocycles. The summed E-state index contributed by atoms with van der Waals surface area (Å²) in [4.78, 5) is 12.6. The molecule has 2 aromatic rings. The van der Waals surface area contributed by atoms with E-state index in [1.165, 1.54) is 0 Å². The standard InChI is InChI=1S/C15H12BrIO2/c1-9-3-6-14(19-2)12(7-9)15(18)11-8-10(17)4-5-13(11)16/h3-8H,1-2H3. The third kappa shape index (κ3) is 3.17. The monoisotopic (exact) mass is 430 g/mol. The first-order valence-corrected chi connectivity index (χ1v) is 7.54. The molecule has 0 aromatic heterocycles. The molecule has 0 spiro atoms. The zero-order valence-electron chi connectivity index (χ0n) is 10.5. The fourth-order valence-electron chi connectivity index (χ4n) is 1.82. The normalized spacial score (nSPS) is 10.3. The van der Waals surface area contributed by atoms with Crippen molar-refractivity contribution < 1.29 is 9.53 Å². The SMILES string of the molecule is COc1ccc(C)cc1C(=O)c1cc(I)ccc1Br. The Hall–Kier alpha value is -0.880. The molecule has 0 heterocycles. The number of carbonyl (C=O) groups is 1. The Morgan fingerprint density at radius 3 is 2.58 bits per heavy atom. The summed E-state index contributed by atoms with van der Waals surface area (Å²) < 4.78 is 7.09. The highest BCUT2D eigenvalue weighted by atomic mass is 127. The lowest BCUT2D eigenvalue weighted by molar-refractivity contribution is 0.103. The number of carbonyl (C=O) groups excluding carboxylic acids is 1. The third-order valence-corrected chi connectivity index (χ3v) is 4.14. The van der Waals surface area contributed by atoms with Crippen molar-refractivity contribution >= 4 is 44.3 Å². The van der Waals surface area contributed by atoms with E-state index in [2.05, 4.69) is 38.5 Å². The smallest absolute Gasteiger partial charge is 0.197 e. The van der Waals surface area contributed by atoms with Crippen LogP contribution in [0.2, 0.25) is 0 Å². The van der Waals surface area contributed by atoms with Crippen LogP contribution in [0, 0.1) is 10.5 Å². The lowest BCUT2D eigenvalue weighted by Crippen LogP contribution is -2.05. The van der Waals surface area contributed by atoms with Gasteiger partial charge in [-0.3, -0.25) is 4.79 Å². The van der Waals surface area contributed by atoms with Gasteiger partial charge in [-0.1, -0.05) is 27.6 Å². The Labute approximate surface area is 134 Å². The van der Waals surface area contributed by atoms with E-state index in [1.54, 1.807) is 7.11 Å². The van der Waals surface area contributed by atoms with E-state index in [4.69, 9.17) is 4.74 Å². The first-order chi connectivity index (χ1) is 9.02. The average molecular weight is 431 g/mol. The highest BCUT2D eigenvalue weighted by molar-refractivity contribution is 14.1. The van der Waals surface area contributed by atoms with Gasteiger partial charge in [-0.05, 0) is 59.8 Å². The molecule has 0 aliphatic heterocycles. The van der Waals surface area contributed by atoms with Gasteiger partial charge in [0.2, 0.25) is 0 Å². The average Bonchev–Trinajstić information content (AvgIpc) is 2.40. The first-order valence-electron chi connectivity index (χ1n) is 5.67. The van der Waals surface area contributed by atoms with Gasteiger partial charge in [0.05, 0.1) is 12.7 Å². The van der Waals surface area contributed by atoms with Crippen molar-refractivity contribution in [3.05, 3.63) is 61.1 Å². The minimum absolute atomic E-state index is 0.0362. The number of methoxy groups -OCH3 is 1. The van der Waals surface area contributed by atoms with E-state index in [0.717, 1.165) is 13.6 Å². The van der Waals surface area contributed by atoms with E-state index >= 15 is 0 Å². The van der Waals surface area contributed by atoms with Crippen LogP contribution in [0.5, 0.6) is 5.75 Å². The van der Waals surface area contributed by atoms with Crippen LogP contribution < -0.4 is 4.74 Å². The number of hydrogen-bond acceptors (Lipinski definition) is 2. The summed E-state index contributed by atoms with van der Waals surface area (Å²) in [6.07, 6.45) is 0. The van der Waals surface area contributed by atoms with Gasteiger partial charge in [-0.2, -0.15) is 0 Å². The Bertz CT molecular complexity index is 638. The summed E-state index contributed by atoms with van der Waals surface area (Å²) in [5.41, 5.74) is 2.27. The minimum atomic E-state index is -0.0362. The lowest BCUT2D eigenvalue weighted by atomic mass is 10.0. The summed E-state index contributed by atoms with van der Waals surface area (Å²) in [5.74, 6) is 0.562.